The fourth-order valence-electron chi connectivity index (χ4n) is 3.78. The van der Waals surface area contributed by atoms with Gasteiger partial charge in [-0.1, -0.05) is 0 Å². The maximum absolute atomic E-state index is 12.4. The van der Waals surface area contributed by atoms with Crippen molar-refractivity contribution in [1.82, 2.24) is 15.1 Å². The Morgan fingerprint density at radius 2 is 2.04 bits per heavy atom. The molecule has 1 amide bonds. The Hall–Kier alpha value is -1.89. The molecule has 2 saturated heterocycles. The summed E-state index contributed by atoms with van der Waals surface area (Å²) in [4.78, 5) is 23.7. The first-order valence-electron chi connectivity index (χ1n) is 8.14. The van der Waals surface area contributed by atoms with Crippen LogP contribution in [0, 0.1) is 25.7 Å². The predicted molar refractivity (Wildman–Crippen MR) is 81.8 cm³/mol. The monoisotopic (exact) mass is 321 g/mol. The molecule has 126 valence electrons. The van der Waals surface area contributed by atoms with Crippen LogP contribution < -0.4 is 5.32 Å². The molecule has 3 rings (SSSR count). The molecule has 7 nitrogen and oxygen atoms in total. The smallest absolute Gasteiger partial charge is 0.310 e. The number of carbonyl (C=O) groups excluding carboxylic acids is 1. The van der Waals surface area contributed by atoms with Crippen LogP contribution in [0.4, 0.5) is 0 Å². The summed E-state index contributed by atoms with van der Waals surface area (Å²) in [5.41, 5.74) is 2.08. The fraction of sp³-hybridized carbons (Fsp3) is 0.688. The van der Waals surface area contributed by atoms with E-state index in [-0.39, 0.29) is 18.1 Å². The van der Waals surface area contributed by atoms with Gasteiger partial charge in [0, 0.05) is 18.8 Å². The Morgan fingerprint density at radius 1 is 1.35 bits per heavy atom. The number of aryl methyl sites for hydroxylation is 3. The molecule has 2 N–H and O–H groups in total. The predicted octanol–water partition coefficient (Wildman–Crippen LogP) is 0.884. The Labute approximate surface area is 135 Å². The van der Waals surface area contributed by atoms with Crippen LogP contribution in [0.15, 0.2) is 6.07 Å². The number of carbonyl (C=O) groups is 2. The Kier molecular flexibility index (Phi) is 4.39. The molecule has 0 radical (unpaired) electrons. The normalized spacial score (nSPS) is 29.0. The molecular formula is C16H23N3O4. The topological polar surface area (TPSA) is 93.5 Å². The zero-order valence-electron chi connectivity index (χ0n) is 13.5. The van der Waals surface area contributed by atoms with E-state index in [0.717, 1.165) is 37.2 Å². The highest BCUT2D eigenvalue weighted by molar-refractivity contribution is 5.86. The number of aromatic nitrogens is 2. The molecule has 0 unspecified atom stereocenters. The summed E-state index contributed by atoms with van der Waals surface area (Å²) in [6, 6.07) is 2.02. The van der Waals surface area contributed by atoms with Gasteiger partial charge in [-0.2, -0.15) is 5.10 Å². The van der Waals surface area contributed by atoms with Crippen LogP contribution in [0.3, 0.4) is 0 Å². The number of fused-ring (bicyclic) bond motifs is 2. The van der Waals surface area contributed by atoms with E-state index in [4.69, 9.17) is 4.74 Å². The summed E-state index contributed by atoms with van der Waals surface area (Å²) in [6.07, 6.45) is 1.73. The van der Waals surface area contributed by atoms with Crippen molar-refractivity contribution in [2.24, 2.45) is 11.8 Å². The van der Waals surface area contributed by atoms with Gasteiger partial charge in [0.1, 0.15) is 0 Å². The van der Waals surface area contributed by atoms with Crippen LogP contribution in [0.1, 0.15) is 30.7 Å². The van der Waals surface area contributed by atoms with Crippen LogP contribution in [0.5, 0.6) is 0 Å². The van der Waals surface area contributed by atoms with E-state index >= 15 is 0 Å². The van der Waals surface area contributed by atoms with Crippen molar-refractivity contribution in [2.45, 2.75) is 51.9 Å². The molecular weight excluding hydrogens is 298 g/mol. The first-order chi connectivity index (χ1) is 11.0. The second kappa shape index (κ2) is 6.31. The second-order valence-electron chi connectivity index (χ2n) is 6.47. The lowest BCUT2D eigenvalue weighted by Crippen LogP contribution is -2.44. The van der Waals surface area contributed by atoms with Gasteiger partial charge in [0.25, 0.3) is 0 Å². The number of ether oxygens (including phenoxy) is 1. The van der Waals surface area contributed by atoms with E-state index in [9.17, 15) is 14.7 Å². The van der Waals surface area contributed by atoms with Gasteiger partial charge in [-0.15, -0.1) is 0 Å². The van der Waals surface area contributed by atoms with Gasteiger partial charge in [-0.25, -0.2) is 0 Å². The molecule has 1 aromatic heterocycles. The van der Waals surface area contributed by atoms with Gasteiger partial charge in [-0.3, -0.25) is 14.3 Å². The first kappa shape index (κ1) is 16.0. The number of hydrogen-bond acceptors (Lipinski definition) is 4. The summed E-state index contributed by atoms with van der Waals surface area (Å²) in [6.45, 7) is 5.20. The quantitative estimate of drug-likeness (QED) is 0.759. The van der Waals surface area contributed by atoms with Gasteiger partial charge in [-0.05, 0) is 39.2 Å². The molecule has 2 aliphatic heterocycles. The second-order valence-corrected chi connectivity index (χ2v) is 6.47. The molecule has 2 aliphatic rings. The summed E-state index contributed by atoms with van der Waals surface area (Å²) < 4.78 is 7.54. The maximum Gasteiger partial charge on any atom is 0.310 e. The van der Waals surface area contributed by atoms with Gasteiger partial charge in [0.2, 0.25) is 5.91 Å². The molecule has 2 bridgehead atoms. The minimum Gasteiger partial charge on any atom is -0.481 e. The highest BCUT2D eigenvalue weighted by Gasteiger charge is 2.55. The van der Waals surface area contributed by atoms with E-state index in [0.29, 0.717) is 6.54 Å². The van der Waals surface area contributed by atoms with Crippen LogP contribution in [0.2, 0.25) is 0 Å². The molecule has 0 aromatic carbocycles. The third kappa shape index (κ3) is 3.10. The molecule has 3 heterocycles. The first-order valence-corrected chi connectivity index (χ1v) is 8.14. The largest absolute Gasteiger partial charge is 0.481 e. The lowest BCUT2D eigenvalue weighted by atomic mass is 9.79. The Morgan fingerprint density at radius 3 is 2.65 bits per heavy atom. The molecule has 0 spiro atoms. The van der Waals surface area contributed by atoms with Gasteiger partial charge >= 0.3 is 5.97 Å². The Bertz CT molecular complexity index is 612. The molecule has 1 aromatic rings. The summed E-state index contributed by atoms with van der Waals surface area (Å²) >= 11 is 0. The molecule has 23 heavy (non-hydrogen) atoms. The third-order valence-corrected chi connectivity index (χ3v) is 4.81. The summed E-state index contributed by atoms with van der Waals surface area (Å²) in [7, 11) is 0. The molecule has 0 saturated carbocycles. The van der Waals surface area contributed by atoms with Crippen molar-refractivity contribution < 1.29 is 19.4 Å². The maximum atomic E-state index is 12.4. The van der Waals surface area contributed by atoms with Gasteiger partial charge in [0.05, 0.1) is 29.7 Å². The number of rotatable bonds is 6. The van der Waals surface area contributed by atoms with Crippen LogP contribution in [-0.4, -0.2) is 45.5 Å². The van der Waals surface area contributed by atoms with Crippen LogP contribution in [0.25, 0.3) is 0 Å². The number of nitrogens with one attached hydrogen (secondary N) is 1. The van der Waals surface area contributed by atoms with E-state index < -0.39 is 17.8 Å². The van der Waals surface area contributed by atoms with Crippen molar-refractivity contribution >= 4 is 11.9 Å². The van der Waals surface area contributed by atoms with E-state index in [2.05, 4.69) is 10.4 Å². The van der Waals surface area contributed by atoms with E-state index in [1.165, 1.54) is 0 Å². The Balaban J connectivity index is 1.49. The molecule has 7 heteroatoms. The highest BCUT2D eigenvalue weighted by atomic mass is 16.5. The molecule has 0 aliphatic carbocycles. The number of carboxylic acids is 1. The SMILES string of the molecule is Cc1cc(C)n(CCCNC(=O)[C@@H]2[C@H](C(=O)O)[C@H]3CC[C@H]2O3)n1. The van der Waals surface area contributed by atoms with Crippen LogP contribution >= 0.6 is 0 Å². The lowest BCUT2D eigenvalue weighted by Gasteiger charge is -2.23. The zero-order chi connectivity index (χ0) is 16.6. The number of nitrogens with zero attached hydrogens (tertiary/aromatic N) is 2. The van der Waals surface area contributed by atoms with Crippen molar-refractivity contribution in [2.75, 3.05) is 6.54 Å². The lowest BCUT2D eigenvalue weighted by molar-refractivity contribution is -0.147. The van der Waals surface area contributed by atoms with Gasteiger partial charge < -0.3 is 15.2 Å². The number of hydrogen-bond donors (Lipinski definition) is 2. The minimum atomic E-state index is -0.931. The summed E-state index contributed by atoms with van der Waals surface area (Å²) in [5, 5.41) is 16.6. The zero-order valence-corrected chi connectivity index (χ0v) is 13.5. The average molecular weight is 321 g/mol. The van der Waals surface area contributed by atoms with Gasteiger partial charge in [0.15, 0.2) is 0 Å². The average Bonchev–Trinajstić information content (AvgIpc) is 3.17. The molecule has 4 atom stereocenters. The minimum absolute atomic E-state index is 0.196. The van der Waals surface area contributed by atoms with Crippen molar-refractivity contribution in [3.8, 4) is 0 Å². The highest BCUT2D eigenvalue weighted by Crippen LogP contribution is 2.43. The number of amides is 1. The summed E-state index contributed by atoms with van der Waals surface area (Å²) in [5.74, 6) is -2.39. The third-order valence-electron chi connectivity index (χ3n) is 4.81. The van der Waals surface area contributed by atoms with E-state index in [1.54, 1.807) is 0 Å². The van der Waals surface area contributed by atoms with Crippen molar-refractivity contribution in [1.29, 1.82) is 0 Å². The number of carboxylic acid groups (broad SMARTS) is 1. The molecule has 2 fully saturated rings. The standard InChI is InChI=1S/C16H23N3O4/c1-9-8-10(2)19(18-9)7-3-6-17-15(20)13-11-4-5-12(23-11)14(13)16(21)22/h8,11-14H,3-7H2,1-2H3,(H,17,20)(H,21,22)/t11-,12-,13+,14-/m1/s1. The van der Waals surface area contributed by atoms with Crippen LogP contribution in [-0.2, 0) is 20.9 Å². The van der Waals surface area contributed by atoms with Crippen molar-refractivity contribution in [3.63, 3.8) is 0 Å². The van der Waals surface area contributed by atoms with E-state index in [1.807, 2.05) is 24.6 Å². The van der Waals surface area contributed by atoms with Crippen molar-refractivity contribution in [3.05, 3.63) is 17.5 Å². The number of aliphatic carboxylic acids is 1. The fourth-order valence-corrected chi connectivity index (χ4v) is 3.78.